The van der Waals surface area contributed by atoms with Crippen LogP contribution in [0.25, 0.3) is 0 Å². The van der Waals surface area contributed by atoms with Crippen LogP contribution in [-0.4, -0.2) is 18.2 Å². The van der Waals surface area contributed by atoms with Gasteiger partial charge in [0.2, 0.25) is 0 Å². The molecular formula is C12H14O3. The minimum atomic E-state index is -1.11. The molecule has 0 amide bonds. The second kappa shape index (κ2) is 3.35. The first-order chi connectivity index (χ1) is 7.07. The summed E-state index contributed by atoms with van der Waals surface area (Å²) in [6.45, 7) is 1.67. The monoisotopic (exact) mass is 206 g/mol. The van der Waals surface area contributed by atoms with Gasteiger partial charge in [-0.25, -0.2) is 0 Å². The van der Waals surface area contributed by atoms with E-state index in [-0.39, 0.29) is 5.97 Å². The molecule has 0 unspecified atom stereocenters. The summed E-state index contributed by atoms with van der Waals surface area (Å²) < 4.78 is 4.70. The van der Waals surface area contributed by atoms with E-state index >= 15 is 0 Å². The second-order valence-electron chi connectivity index (χ2n) is 4.08. The van der Waals surface area contributed by atoms with E-state index in [1.54, 1.807) is 6.92 Å². The predicted molar refractivity (Wildman–Crippen MR) is 55.2 cm³/mol. The van der Waals surface area contributed by atoms with Crippen LogP contribution < -0.4 is 0 Å². The molecule has 1 aromatic rings. The number of rotatable bonds is 1. The van der Waals surface area contributed by atoms with Gasteiger partial charge in [-0.1, -0.05) is 24.3 Å². The number of ether oxygens (including phenoxy) is 1. The van der Waals surface area contributed by atoms with Crippen LogP contribution in [0, 0.1) is 5.92 Å². The summed E-state index contributed by atoms with van der Waals surface area (Å²) >= 11 is 0. The maximum Gasteiger partial charge on any atom is 0.312 e. The molecule has 1 aromatic carbocycles. The Morgan fingerprint density at radius 1 is 1.53 bits per heavy atom. The summed E-state index contributed by atoms with van der Waals surface area (Å²) in [6, 6.07) is 7.58. The summed E-state index contributed by atoms with van der Waals surface area (Å²) in [5.41, 5.74) is 0.752. The normalized spacial score (nSPS) is 28.6. The fourth-order valence-corrected chi connectivity index (χ4v) is 2.25. The van der Waals surface area contributed by atoms with Crippen LogP contribution in [0.3, 0.4) is 0 Å². The van der Waals surface area contributed by atoms with E-state index < -0.39 is 11.5 Å². The topological polar surface area (TPSA) is 46.5 Å². The molecule has 80 valence electrons. The van der Waals surface area contributed by atoms with Crippen LogP contribution in [0.4, 0.5) is 0 Å². The third-order valence-electron chi connectivity index (χ3n) is 3.15. The molecule has 0 aromatic heterocycles. The molecule has 3 nitrogen and oxygen atoms in total. The zero-order valence-corrected chi connectivity index (χ0v) is 8.86. The van der Waals surface area contributed by atoms with Gasteiger partial charge in [-0.05, 0) is 24.5 Å². The van der Waals surface area contributed by atoms with Crippen molar-refractivity contribution >= 4 is 5.97 Å². The van der Waals surface area contributed by atoms with Crippen molar-refractivity contribution in [2.45, 2.75) is 18.9 Å². The van der Waals surface area contributed by atoms with E-state index in [2.05, 4.69) is 0 Å². The first-order valence-corrected chi connectivity index (χ1v) is 4.96. The van der Waals surface area contributed by atoms with Gasteiger partial charge in [0, 0.05) is 0 Å². The smallest absolute Gasteiger partial charge is 0.312 e. The Labute approximate surface area is 88.7 Å². The molecule has 2 rings (SSSR count). The van der Waals surface area contributed by atoms with Gasteiger partial charge in [0.25, 0.3) is 0 Å². The number of benzene rings is 1. The Morgan fingerprint density at radius 2 is 2.20 bits per heavy atom. The van der Waals surface area contributed by atoms with Gasteiger partial charge in [0.15, 0.2) is 0 Å². The lowest BCUT2D eigenvalue weighted by Crippen LogP contribution is -2.34. The lowest BCUT2D eigenvalue weighted by Gasteiger charge is -2.24. The summed E-state index contributed by atoms with van der Waals surface area (Å²) in [5.74, 6) is -0.837. The van der Waals surface area contributed by atoms with E-state index in [0.717, 1.165) is 11.1 Å². The average Bonchev–Trinajstić information content (AvgIpc) is 2.51. The summed E-state index contributed by atoms with van der Waals surface area (Å²) in [5, 5.41) is 10.3. The lowest BCUT2D eigenvalue weighted by atomic mass is 9.89. The average molecular weight is 206 g/mol. The van der Waals surface area contributed by atoms with Gasteiger partial charge in [0.1, 0.15) is 5.60 Å². The molecule has 2 atom stereocenters. The van der Waals surface area contributed by atoms with Gasteiger partial charge < -0.3 is 9.84 Å². The Kier molecular flexibility index (Phi) is 2.27. The molecule has 3 heteroatoms. The molecule has 0 saturated heterocycles. The van der Waals surface area contributed by atoms with E-state index in [1.807, 2.05) is 24.3 Å². The van der Waals surface area contributed by atoms with Crippen LogP contribution in [0.2, 0.25) is 0 Å². The molecule has 0 radical (unpaired) electrons. The van der Waals surface area contributed by atoms with Crippen molar-refractivity contribution in [3.05, 3.63) is 35.4 Å². The minimum Gasteiger partial charge on any atom is -0.469 e. The third-order valence-corrected chi connectivity index (χ3v) is 3.15. The number of carbonyl (C=O) groups is 1. The molecule has 0 aliphatic heterocycles. The largest absolute Gasteiger partial charge is 0.469 e. The number of esters is 1. The standard InChI is InChI=1S/C12H14O3/c1-12(14)9-6-4-3-5-8(9)7-10(12)11(13)15-2/h3-6,10,14H,7H2,1-2H3/t10-,12+/m0/s1. The highest BCUT2D eigenvalue weighted by molar-refractivity contribution is 5.76. The molecule has 1 aliphatic rings. The number of aliphatic hydroxyl groups is 1. The quantitative estimate of drug-likeness (QED) is 0.703. The van der Waals surface area contributed by atoms with Gasteiger partial charge >= 0.3 is 5.97 Å². The Hall–Kier alpha value is -1.35. The van der Waals surface area contributed by atoms with Crippen LogP contribution >= 0.6 is 0 Å². The number of carbonyl (C=O) groups excluding carboxylic acids is 1. The summed E-state index contributed by atoms with van der Waals surface area (Å²) in [7, 11) is 1.35. The maximum atomic E-state index is 11.5. The van der Waals surface area contributed by atoms with Gasteiger partial charge in [0.05, 0.1) is 13.0 Å². The SMILES string of the molecule is COC(=O)[C@@H]1Cc2ccccc2[C@@]1(C)O. The van der Waals surface area contributed by atoms with Gasteiger partial charge in [-0.2, -0.15) is 0 Å². The first-order valence-electron chi connectivity index (χ1n) is 4.96. The molecule has 15 heavy (non-hydrogen) atoms. The van der Waals surface area contributed by atoms with Crippen LogP contribution in [0.1, 0.15) is 18.1 Å². The zero-order valence-electron chi connectivity index (χ0n) is 8.86. The third kappa shape index (κ3) is 1.43. The fourth-order valence-electron chi connectivity index (χ4n) is 2.25. The molecule has 1 N–H and O–H groups in total. The predicted octanol–water partition coefficient (Wildman–Crippen LogP) is 1.24. The molecule has 1 aliphatic carbocycles. The number of methoxy groups -OCH3 is 1. The highest BCUT2D eigenvalue weighted by Crippen LogP contribution is 2.41. The van der Waals surface area contributed by atoms with Crippen molar-refractivity contribution in [3.63, 3.8) is 0 Å². The number of hydrogen-bond donors (Lipinski definition) is 1. The molecule has 0 spiro atoms. The molecule has 0 saturated carbocycles. The van der Waals surface area contributed by atoms with Crippen molar-refractivity contribution in [3.8, 4) is 0 Å². The van der Waals surface area contributed by atoms with Crippen LogP contribution in [0.5, 0.6) is 0 Å². The van der Waals surface area contributed by atoms with Crippen molar-refractivity contribution in [2.24, 2.45) is 5.92 Å². The molecule has 0 fully saturated rings. The van der Waals surface area contributed by atoms with E-state index in [4.69, 9.17) is 4.74 Å². The molecule has 0 bridgehead atoms. The number of hydrogen-bond acceptors (Lipinski definition) is 3. The van der Waals surface area contributed by atoms with Crippen molar-refractivity contribution in [1.82, 2.24) is 0 Å². The Bertz CT molecular complexity index is 396. The molecular weight excluding hydrogens is 192 g/mol. The maximum absolute atomic E-state index is 11.5. The zero-order chi connectivity index (χ0) is 11.1. The minimum absolute atomic E-state index is 0.351. The Morgan fingerprint density at radius 3 is 2.80 bits per heavy atom. The number of fused-ring (bicyclic) bond motifs is 1. The Balaban J connectivity index is 2.42. The second-order valence-corrected chi connectivity index (χ2v) is 4.08. The highest BCUT2D eigenvalue weighted by Gasteiger charge is 2.46. The van der Waals surface area contributed by atoms with E-state index in [0.29, 0.717) is 6.42 Å². The van der Waals surface area contributed by atoms with E-state index in [9.17, 15) is 9.90 Å². The van der Waals surface area contributed by atoms with Gasteiger partial charge in [-0.3, -0.25) is 4.79 Å². The fraction of sp³-hybridized carbons (Fsp3) is 0.417. The highest BCUT2D eigenvalue weighted by atomic mass is 16.5. The van der Waals surface area contributed by atoms with Crippen LogP contribution in [0.15, 0.2) is 24.3 Å². The van der Waals surface area contributed by atoms with Crippen molar-refractivity contribution in [2.75, 3.05) is 7.11 Å². The van der Waals surface area contributed by atoms with Crippen molar-refractivity contribution < 1.29 is 14.6 Å². The summed E-state index contributed by atoms with van der Waals surface area (Å²) in [6.07, 6.45) is 0.551. The lowest BCUT2D eigenvalue weighted by molar-refractivity contribution is -0.154. The molecule has 0 heterocycles. The summed E-state index contributed by atoms with van der Waals surface area (Å²) in [4.78, 5) is 11.5. The van der Waals surface area contributed by atoms with Crippen molar-refractivity contribution in [1.29, 1.82) is 0 Å². The van der Waals surface area contributed by atoms with Gasteiger partial charge in [-0.15, -0.1) is 0 Å². The van der Waals surface area contributed by atoms with Crippen LogP contribution in [-0.2, 0) is 21.6 Å². The first kappa shape index (κ1) is 10.2. The van der Waals surface area contributed by atoms with E-state index in [1.165, 1.54) is 7.11 Å².